The summed E-state index contributed by atoms with van der Waals surface area (Å²) in [6, 6.07) is 9.02. The van der Waals surface area contributed by atoms with Gasteiger partial charge in [0.25, 0.3) is 11.8 Å². The van der Waals surface area contributed by atoms with Gasteiger partial charge >= 0.3 is 12.1 Å². The minimum Gasteiger partial charge on any atom is -0.480 e. The Hall–Kier alpha value is -6.77. The molecule has 11 atom stereocenters. The highest BCUT2D eigenvalue weighted by Crippen LogP contribution is 2.32. The van der Waals surface area contributed by atoms with Crippen molar-refractivity contribution in [2.75, 3.05) is 46.7 Å². The van der Waals surface area contributed by atoms with Crippen molar-refractivity contribution in [1.82, 2.24) is 40.9 Å². The Kier molecular flexibility index (Phi) is 30.7. The number of carbonyl (C=O) groups is 11. The van der Waals surface area contributed by atoms with E-state index in [1.165, 1.54) is 38.0 Å². The number of unbranched alkanes of at least 4 members (excludes halogenated alkanes) is 2. The molecule has 0 saturated carbocycles. The Bertz CT molecular complexity index is 2870. The van der Waals surface area contributed by atoms with Crippen LogP contribution in [0.2, 0.25) is 0 Å². The van der Waals surface area contributed by atoms with Gasteiger partial charge in [-0.2, -0.15) is 0 Å². The molecule has 2 heterocycles. The van der Waals surface area contributed by atoms with Gasteiger partial charge in [0.2, 0.25) is 41.4 Å². The molecule has 2 aromatic rings. The second kappa shape index (κ2) is 36.5. The smallest absolute Gasteiger partial charge is 0.410 e. The van der Waals surface area contributed by atoms with E-state index in [1.807, 2.05) is 19.9 Å². The van der Waals surface area contributed by atoms with Gasteiger partial charge in [-0.3, -0.25) is 53.0 Å². The molecule has 0 spiro atoms. The van der Waals surface area contributed by atoms with Crippen molar-refractivity contribution in [1.29, 1.82) is 0 Å². The summed E-state index contributed by atoms with van der Waals surface area (Å²) in [5.41, 5.74) is 1.69. The number of benzene rings is 2. The average molecular weight is 1400 g/mol. The summed E-state index contributed by atoms with van der Waals surface area (Å²) >= 11 is 6.21. The van der Waals surface area contributed by atoms with Crippen molar-refractivity contribution in [2.45, 2.75) is 188 Å². The van der Waals surface area contributed by atoms with Crippen molar-refractivity contribution in [3.05, 3.63) is 74.7 Å². The number of carboxylic acids is 1. The number of halogens is 2. The monoisotopic (exact) mass is 1400 g/mol. The van der Waals surface area contributed by atoms with Gasteiger partial charge in [-0.05, 0) is 111 Å². The number of anilines is 1. The van der Waals surface area contributed by atoms with Gasteiger partial charge < -0.3 is 55.7 Å². The number of methoxy groups -OCH3 is 2. The lowest BCUT2D eigenvalue weighted by Gasteiger charge is -2.41. The van der Waals surface area contributed by atoms with Crippen LogP contribution in [0.4, 0.5) is 10.5 Å². The molecule has 2 aromatic carbocycles. The van der Waals surface area contributed by atoms with Crippen molar-refractivity contribution in [2.24, 2.45) is 29.6 Å². The van der Waals surface area contributed by atoms with Crippen molar-refractivity contribution in [3.8, 4) is 0 Å². The van der Waals surface area contributed by atoms with Crippen LogP contribution in [0.1, 0.15) is 132 Å². The SMILES string of the molecule is CC[C@H](C)[C@@H]([C@@H](CC(=O)N1CCC[C@H]1[C@H](OC)[C@@H](C)C(=O)NC(Cc1ccccc1)C(=O)O)OC)N(C)C(=O)[C@@H](NC(=O)[C@H](C(C)C)N(C)C(=O)OCc1ccc(NC(=O)[C@H](C)NC(=O)[C@@H](NC(=O)CCCCCN2C(=O)C(Br)=C(Br)C2=O)C(C)C)cc1)C(C)C. The maximum Gasteiger partial charge on any atom is 0.410 e. The van der Waals surface area contributed by atoms with E-state index in [2.05, 4.69) is 58.4 Å². The number of nitrogens with zero attached hydrogens (tertiary/aromatic N) is 4. The lowest BCUT2D eigenvalue weighted by atomic mass is 9.89. The Morgan fingerprint density at radius 1 is 0.692 bits per heavy atom. The highest BCUT2D eigenvalue weighted by atomic mass is 79.9. The fourth-order valence-corrected chi connectivity index (χ4v) is 12.2. The number of likely N-dealkylation sites (N-methyl/N-ethyl adjacent to an activating group) is 2. The molecule has 4 rings (SSSR count). The predicted octanol–water partition coefficient (Wildman–Crippen LogP) is 6.67. The molecule has 1 saturated heterocycles. The fraction of sp³-hybridized carbons (Fsp3) is 0.615. The zero-order valence-corrected chi connectivity index (χ0v) is 58.1. The van der Waals surface area contributed by atoms with Gasteiger partial charge in [0.05, 0.1) is 36.6 Å². The zero-order chi connectivity index (χ0) is 68.1. The topological polar surface area (TPSA) is 309 Å². The first-order valence-electron chi connectivity index (χ1n) is 31.2. The summed E-state index contributed by atoms with van der Waals surface area (Å²) in [7, 11) is 5.99. The van der Waals surface area contributed by atoms with E-state index in [4.69, 9.17) is 14.2 Å². The lowest BCUT2D eigenvalue weighted by Crippen LogP contribution is -2.60. The van der Waals surface area contributed by atoms with Crippen LogP contribution in [0.25, 0.3) is 0 Å². The van der Waals surface area contributed by atoms with E-state index in [0.29, 0.717) is 56.3 Å². The molecule has 504 valence electrons. The number of likely N-dealkylation sites (tertiary alicyclic amines) is 1. The first kappa shape index (κ1) is 76.7. The van der Waals surface area contributed by atoms with Crippen molar-refractivity contribution < 1.29 is 72.1 Å². The summed E-state index contributed by atoms with van der Waals surface area (Å²) in [5.74, 6) is -7.49. The molecule has 24 nitrogen and oxygen atoms in total. The summed E-state index contributed by atoms with van der Waals surface area (Å²) in [5, 5.41) is 23.8. The van der Waals surface area contributed by atoms with Crippen LogP contribution in [0.5, 0.6) is 0 Å². The molecule has 26 heteroatoms. The fourth-order valence-electron chi connectivity index (χ4n) is 11.5. The van der Waals surface area contributed by atoms with Crippen molar-refractivity contribution >= 4 is 103 Å². The number of carbonyl (C=O) groups excluding carboxylic acids is 10. The van der Waals surface area contributed by atoms with E-state index < -0.39 is 126 Å². The summed E-state index contributed by atoms with van der Waals surface area (Å²) in [4.78, 5) is 153. The molecular formula is C65H95Br2N9O15. The largest absolute Gasteiger partial charge is 0.480 e. The Morgan fingerprint density at radius 3 is 1.86 bits per heavy atom. The molecule has 0 aliphatic carbocycles. The van der Waals surface area contributed by atoms with E-state index in [9.17, 15) is 57.8 Å². The Morgan fingerprint density at radius 2 is 1.31 bits per heavy atom. The molecule has 10 amide bonds. The quantitative estimate of drug-likeness (QED) is 0.0310. The van der Waals surface area contributed by atoms with Crippen LogP contribution in [-0.2, 0) is 75.2 Å². The predicted molar refractivity (Wildman–Crippen MR) is 349 cm³/mol. The number of rotatable bonds is 35. The average Bonchev–Trinajstić information content (AvgIpc) is 2.97. The Labute approximate surface area is 552 Å². The van der Waals surface area contributed by atoms with E-state index >= 15 is 0 Å². The van der Waals surface area contributed by atoms with Crippen LogP contribution in [0, 0.1) is 29.6 Å². The molecule has 2 aliphatic rings. The number of hydrogen-bond donors (Lipinski definition) is 6. The van der Waals surface area contributed by atoms with Crippen LogP contribution >= 0.6 is 31.9 Å². The third-order valence-electron chi connectivity index (χ3n) is 16.9. The second-order valence-corrected chi connectivity index (χ2v) is 26.3. The minimum atomic E-state index is -1.19. The van der Waals surface area contributed by atoms with Crippen LogP contribution in [0.3, 0.4) is 0 Å². The normalized spacial score (nSPS) is 17.5. The third kappa shape index (κ3) is 21.4. The number of amides is 10. The van der Waals surface area contributed by atoms with E-state index in [1.54, 1.807) is 109 Å². The van der Waals surface area contributed by atoms with Crippen LogP contribution < -0.4 is 26.6 Å². The van der Waals surface area contributed by atoms with Crippen LogP contribution in [0.15, 0.2) is 63.6 Å². The standard InChI is InChI=1S/C65H95Br2N9O15/c1-15-39(8)55(47(89-13)34-49(78)75-32-22-25-46(75)56(90-14)40(9)57(79)70-45(64(86)87)33-42-23-18-16-19-24-42)73(11)63(85)53(37(4)5)72-60(82)54(38(6)7)74(12)65(88)91-35-43-27-29-44(30-28-43)69-58(80)41(10)68-59(81)52(36(2)3)71-48(77)26-20-17-21-31-76-61(83)50(66)51(67)62(76)84/h16,18-19,23-24,27-30,36-41,45-47,52-56H,15,17,20-22,25-26,31-35H2,1-14H3,(H,68,81)(H,69,80)(H,70,79)(H,71,77)(H,72,82)(H,86,87)/t39-,40+,41-,45?,46-,47+,52-,53-,54-,55-,56+/m0/s1. The highest BCUT2D eigenvalue weighted by molar-refractivity contribution is 9.14. The molecule has 6 N–H and O–H groups in total. The molecule has 0 aromatic heterocycles. The number of nitrogens with one attached hydrogen (secondary N) is 5. The zero-order valence-electron chi connectivity index (χ0n) is 55.0. The van der Waals surface area contributed by atoms with E-state index in [0.717, 1.165) is 10.5 Å². The molecule has 0 bridgehead atoms. The Balaban J connectivity index is 1.32. The highest BCUT2D eigenvalue weighted by Gasteiger charge is 2.44. The second-order valence-electron chi connectivity index (χ2n) is 24.7. The number of imide groups is 1. The number of hydrogen-bond acceptors (Lipinski definition) is 14. The first-order chi connectivity index (χ1) is 42.9. The van der Waals surface area contributed by atoms with Gasteiger partial charge in [-0.1, -0.05) is 118 Å². The van der Waals surface area contributed by atoms with E-state index in [-0.39, 0.29) is 65.0 Å². The maximum atomic E-state index is 14.8. The van der Waals surface area contributed by atoms with Gasteiger partial charge in [0.15, 0.2) is 0 Å². The van der Waals surface area contributed by atoms with Gasteiger partial charge in [-0.15, -0.1) is 0 Å². The summed E-state index contributed by atoms with van der Waals surface area (Å²) in [6.07, 6.45) is 0.962. The molecule has 91 heavy (non-hydrogen) atoms. The molecular weight excluding hydrogens is 1310 g/mol. The summed E-state index contributed by atoms with van der Waals surface area (Å²) < 4.78 is 18.0. The molecule has 1 unspecified atom stereocenters. The van der Waals surface area contributed by atoms with Gasteiger partial charge in [0, 0.05) is 59.9 Å². The van der Waals surface area contributed by atoms with Gasteiger partial charge in [-0.25, -0.2) is 9.59 Å². The maximum absolute atomic E-state index is 14.8. The number of ether oxygens (including phenoxy) is 3. The molecule has 1 fully saturated rings. The number of aliphatic carboxylic acids is 1. The summed E-state index contributed by atoms with van der Waals surface area (Å²) in [6.45, 7) is 18.1. The minimum absolute atomic E-state index is 0.0812. The molecule has 2 aliphatic heterocycles. The lowest BCUT2D eigenvalue weighted by molar-refractivity contribution is -0.148. The first-order valence-corrected chi connectivity index (χ1v) is 32.8. The van der Waals surface area contributed by atoms with Crippen LogP contribution in [-0.4, -0.2) is 186 Å². The van der Waals surface area contributed by atoms with Gasteiger partial charge in [0.1, 0.15) is 45.8 Å². The molecule has 0 radical (unpaired) electrons. The third-order valence-corrected chi connectivity index (χ3v) is 18.9. The van der Waals surface area contributed by atoms with Crippen molar-refractivity contribution in [3.63, 3.8) is 0 Å². The number of carboxylic acid groups (broad SMARTS) is 1.